The van der Waals surface area contributed by atoms with Gasteiger partial charge in [0, 0.05) is 29.2 Å². The molecule has 7 heteroatoms. The maximum absolute atomic E-state index is 14.7. The van der Waals surface area contributed by atoms with Gasteiger partial charge in [0.2, 0.25) is 0 Å². The van der Waals surface area contributed by atoms with E-state index >= 15 is 0 Å². The summed E-state index contributed by atoms with van der Waals surface area (Å²) in [4.78, 5) is 30.8. The summed E-state index contributed by atoms with van der Waals surface area (Å²) >= 11 is 3.57. The average molecular weight is 575 g/mol. The van der Waals surface area contributed by atoms with Gasteiger partial charge in [0.1, 0.15) is 5.69 Å². The van der Waals surface area contributed by atoms with Gasteiger partial charge in [0.25, 0.3) is 11.8 Å². The SMILES string of the molecule is O=C1c2cc3occc3n2C[C@](C(=O)NC2CCCCCCC2)(c2ccccc2)N1Cc1cccc(Br)c1. The fourth-order valence-corrected chi connectivity index (χ4v) is 6.61. The molecule has 196 valence electrons. The number of nitrogens with one attached hydrogen (secondary N) is 1. The number of hydrogen-bond donors (Lipinski definition) is 1. The second-order valence-corrected chi connectivity index (χ2v) is 11.5. The quantitative estimate of drug-likeness (QED) is 0.286. The molecule has 1 N–H and O–H groups in total. The summed E-state index contributed by atoms with van der Waals surface area (Å²) in [6.45, 7) is 0.617. The minimum atomic E-state index is -1.22. The van der Waals surface area contributed by atoms with Crippen molar-refractivity contribution in [2.75, 3.05) is 0 Å². The predicted octanol–water partition coefficient (Wildman–Crippen LogP) is 6.78. The summed E-state index contributed by atoms with van der Waals surface area (Å²) in [7, 11) is 0. The molecule has 0 bridgehead atoms. The number of aromatic nitrogens is 1. The molecule has 4 aromatic rings. The normalized spacial score (nSPS) is 20.7. The molecule has 1 saturated carbocycles. The van der Waals surface area contributed by atoms with E-state index in [1.165, 1.54) is 19.3 Å². The number of amides is 2. The van der Waals surface area contributed by atoms with E-state index in [9.17, 15) is 9.59 Å². The van der Waals surface area contributed by atoms with E-state index in [4.69, 9.17) is 4.42 Å². The lowest BCUT2D eigenvalue weighted by atomic mass is 9.83. The van der Waals surface area contributed by atoms with Gasteiger partial charge >= 0.3 is 0 Å². The van der Waals surface area contributed by atoms with Crippen LogP contribution in [0.5, 0.6) is 0 Å². The van der Waals surface area contributed by atoms with E-state index in [0.717, 1.165) is 46.8 Å². The molecule has 0 spiro atoms. The Morgan fingerprint density at radius 3 is 2.50 bits per heavy atom. The Bertz CT molecular complexity index is 1450. The predicted molar refractivity (Wildman–Crippen MR) is 151 cm³/mol. The van der Waals surface area contributed by atoms with Gasteiger partial charge in [-0.25, -0.2) is 0 Å². The van der Waals surface area contributed by atoms with Crippen molar-refractivity contribution in [2.45, 2.75) is 69.6 Å². The van der Waals surface area contributed by atoms with Crippen LogP contribution in [0.25, 0.3) is 11.1 Å². The first-order valence-electron chi connectivity index (χ1n) is 13.6. The molecule has 1 aliphatic carbocycles. The van der Waals surface area contributed by atoms with Gasteiger partial charge in [0.15, 0.2) is 11.1 Å². The molecule has 38 heavy (non-hydrogen) atoms. The van der Waals surface area contributed by atoms with Crippen LogP contribution in [0.15, 0.2) is 81.9 Å². The number of rotatable bonds is 5. The molecule has 6 rings (SSSR count). The highest BCUT2D eigenvalue weighted by Gasteiger charge is 2.53. The summed E-state index contributed by atoms with van der Waals surface area (Å²) in [6.07, 6.45) is 9.47. The van der Waals surface area contributed by atoms with E-state index in [1.54, 1.807) is 17.2 Å². The first-order chi connectivity index (χ1) is 18.6. The number of carbonyl (C=O) groups is 2. The van der Waals surface area contributed by atoms with Crippen LogP contribution in [-0.4, -0.2) is 27.3 Å². The second kappa shape index (κ2) is 10.4. The Morgan fingerprint density at radius 2 is 1.74 bits per heavy atom. The molecule has 2 aromatic carbocycles. The third-order valence-corrected chi connectivity index (χ3v) is 8.63. The topological polar surface area (TPSA) is 67.5 Å². The lowest BCUT2D eigenvalue weighted by Crippen LogP contribution is -2.64. The summed E-state index contributed by atoms with van der Waals surface area (Å²) in [5, 5.41) is 3.43. The van der Waals surface area contributed by atoms with Crippen molar-refractivity contribution in [1.29, 1.82) is 0 Å². The molecule has 1 fully saturated rings. The van der Waals surface area contributed by atoms with Crippen molar-refractivity contribution in [2.24, 2.45) is 0 Å². The number of nitrogens with zero attached hydrogens (tertiary/aromatic N) is 2. The number of hydrogen-bond acceptors (Lipinski definition) is 3. The monoisotopic (exact) mass is 573 g/mol. The highest BCUT2D eigenvalue weighted by Crippen LogP contribution is 2.41. The lowest BCUT2D eigenvalue weighted by Gasteiger charge is -2.47. The molecule has 6 nitrogen and oxygen atoms in total. The maximum Gasteiger partial charge on any atom is 0.272 e. The zero-order valence-electron chi connectivity index (χ0n) is 21.4. The minimum absolute atomic E-state index is 0.103. The second-order valence-electron chi connectivity index (χ2n) is 10.5. The van der Waals surface area contributed by atoms with Gasteiger partial charge in [-0.05, 0) is 36.1 Å². The molecule has 2 aromatic heterocycles. The van der Waals surface area contributed by atoms with Gasteiger partial charge in [-0.15, -0.1) is 0 Å². The van der Waals surface area contributed by atoms with Gasteiger partial charge in [-0.3, -0.25) is 9.59 Å². The first kappa shape index (κ1) is 25.0. The summed E-state index contributed by atoms with van der Waals surface area (Å²) < 4.78 is 8.57. The molecular weight excluding hydrogens is 542 g/mol. The number of halogens is 1. The van der Waals surface area contributed by atoms with Crippen molar-refractivity contribution < 1.29 is 14.0 Å². The van der Waals surface area contributed by atoms with E-state index in [2.05, 4.69) is 21.2 Å². The smallest absolute Gasteiger partial charge is 0.272 e. The number of carbonyl (C=O) groups excluding carboxylic acids is 2. The van der Waals surface area contributed by atoms with E-state index in [-0.39, 0.29) is 17.9 Å². The number of furan rings is 1. The minimum Gasteiger partial charge on any atom is -0.463 e. The Hall–Kier alpha value is -3.32. The third kappa shape index (κ3) is 4.47. The Balaban J connectivity index is 1.50. The number of benzene rings is 2. The van der Waals surface area contributed by atoms with Crippen LogP contribution in [0.3, 0.4) is 0 Å². The standard InChI is InChI=1S/C31H32BrN3O3/c32-24-13-9-10-22(18-24)20-35-29(36)27-19-28-26(16-17-38-28)34(27)21-31(35,23-11-5-4-6-12-23)30(37)33-25-14-7-2-1-3-8-15-25/h4-6,9-13,16-19,25H,1-3,7-8,14-15,20-21H2,(H,33,37)/t31-/m1/s1. The van der Waals surface area contributed by atoms with Gasteiger partial charge < -0.3 is 19.2 Å². The van der Waals surface area contributed by atoms with Crippen LogP contribution in [0.2, 0.25) is 0 Å². The van der Waals surface area contributed by atoms with E-state index in [0.29, 0.717) is 24.4 Å². The Labute approximate surface area is 231 Å². The highest BCUT2D eigenvalue weighted by atomic mass is 79.9. The molecule has 3 heterocycles. The molecule has 0 unspecified atom stereocenters. The largest absolute Gasteiger partial charge is 0.463 e. The first-order valence-corrected chi connectivity index (χ1v) is 14.4. The van der Waals surface area contributed by atoms with Gasteiger partial charge in [0.05, 0.1) is 18.3 Å². The van der Waals surface area contributed by atoms with Crippen LogP contribution in [-0.2, 0) is 23.4 Å². The van der Waals surface area contributed by atoms with Gasteiger partial charge in [-0.1, -0.05) is 90.5 Å². The Morgan fingerprint density at radius 1 is 0.974 bits per heavy atom. The van der Waals surface area contributed by atoms with Crippen LogP contribution in [0.1, 0.15) is 66.6 Å². The summed E-state index contributed by atoms with van der Waals surface area (Å²) in [6, 6.07) is 21.5. The maximum atomic E-state index is 14.7. The molecular formula is C31H32BrN3O3. The fourth-order valence-electron chi connectivity index (χ4n) is 6.17. The van der Waals surface area contributed by atoms with Crippen molar-refractivity contribution in [3.63, 3.8) is 0 Å². The van der Waals surface area contributed by atoms with Gasteiger partial charge in [-0.2, -0.15) is 0 Å². The third-order valence-electron chi connectivity index (χ3n) is 8.13. The van der Waals surface area contributed by atoms with Crippen LogP contribution in [0, 0.1) is 0 Å². The van der Waals surface area contributed by atoms with Crippen molar-refractivity contribution in [3.8, 4) is 0 Å². The highest BCUT2D eigenvalue weighted by molar-refractivity contribution is 9.10. The Kier molecular flexibility index (Phi) is 6.87. The molecule has 1 aliphatic heterocycles. The van der Waals surface area contributed by atoms with Crippen LogP contribution >= 0.6 is 15.9 Å². The lowest BCUT2D eigenvalue weighted by molar-refractivity contribution is -0.136. The molecule has 0 radical (unpaired) electrons. The van der Waals surface area contributed by atoms with Crippen LogP contribution in [0.4, 0.5) is 0 Å². The zero-order valence-corrected chi connectivity index (χ0v) is 23.0. The van der Waals surface area contributed by atoms with Crippen LogP contribution < -0.4 is 5.32 Å². The zero-order chi connectivity index (χ0) is 26.1. The van der Waals surface area contributed by atoms with Crippen molar-refractivity contribution in [3.05, 3.63) is 94.3 Å². The summed E-state index contributed by atoms with van der Waals surface area (Å²) in [5.74, 6) is -0.298. The average Bonchev–Trinajstić information content (AvgIpc) is 3.50. The molecule has 2 amide bonds. The fraction of sp³-hybridized carbons (Fsp3) is 0.355. The summed E-state index contributed by atoms with van der Waals surface area (Å²) in [5.41, 5.74) is 2.56. The number of fused-ring (bicyclic) bond motifs is 3. The van der Waals surface area contributed by atoms with Crippen molar-refractivity contribution in [1.82, 2.24) is 14.8 Å². The van der Waals surface area contributed by atoms with E-state index in [1.807, 2.05) is 65.2 Å². The molecule has 1 atom stereocenters. The molecule has 2 aliphatic rings. The van der Waals surface area contributed by atoms with E-state index < -0.39 is 5.54 Å². The van der Waals surface area contributed by atoms with Crippen molar-refractivity contribution >= 4 is 38.8 Å². The molecule has 0 saturated heterocycles.